The molecule has 0 amide bonds. The molecule has 10 aromatic rings. The fourth-order valence-corrected chi connectivity index (χ4v) is 11.4. The van der Waals surface area contributed by atoms with Gasteiger partial charge in [-0.3, -0.25) is 9.97 Å². The zero-order chi connectivity index (χ0) is 44.7. The Kier molecular flexibility index (Phi) is 8.71. The first-order valence-corrected chi connectivity index (χ1v) is 23.1. The number of para-hydroxylation sites is 5. The molecule has 1 spiro atoms. The SMILES string of the molecule is CC1(C)c2ccccc2N(c2cccc(-c3ccc4c(c3)C3(c5cc(N(c6ccccc6)c6ccccc6)ccc5N4c4ccccc4)c4cccnc4-c4ncccc43)c2)c2ccccc21. The Balaban J connectivity index is 1.08. The van der Waals surface area contributed by atoms with Gasteiger partial charge in [-0.05, 0) is 148 Å². The third kappa shape index (κ3) is 5.74. The second-order valence-electron chi connectivity index (χ2n) is 18.2. The molecule has 0 bridgehead atoms. The molecule has 5 heteroatoms. The van der Waals surface area contributed by atoms with Gasteiger partial charge in [-0.15, -0.1) is 0 Å². The first-order valence-electron chi connectivity index (χ1n) is 23.1. The van der Waals surface area contributed by atoms with Crippen molar-refractivity contribution in [2.75, 3.05) is 14.7 Å². The van der Waals surface area contributed by atoms with E-state index in [1.165, 1.54) is 28.1 Å². The van der Waals surface area contributed by atoms with Crippen molar-refractivity contribution in [3.05, 3.63) is 270 Å². The maximum Gasteiger partial charge on any atom is 0.0937 e. The summed E-state index contributed by atoms with van der Waals surface area (Å²) in [6.07, 6.45) is 3.81. The Morgan fingerprint density at radius 2 is 0.806 bits per heavy atom. The monoisotopic (exact) mass is 859 g/mol. The van der Waals surface area contributed by atoms with E-state index in [4.69, 9.17) is 9.97 Å². The van der Waals surface area contributed by atoms with Gasteiger partial charge in [0.2, 0.25) is 0 Å². The van der Waals surface area contributed by atoms with Crippen LogP contribution in [0.15, 0.2) is 237 Å². The second-order valence-corrected chi connectivity index (χ2v) is 18.2. The molecule has 3 aliphatic rings. The van der Waals surface area contributed by atoms with Crippen LogP contribution >= 0.6 is 0 Å². The standard InChI is InChI=1S/C62H45N5/c1-61(2)49-27-12-14-31-55(49)67(56-32-15-13-28-50(56)61)47-26-16-19-42(39-47)43-33-35-57-53(40-43)62(51-29-17-37-63-59(51)60-52(62)30-18-38-64-60)54-41-48(34-36-58(54)66(57)46-24-10-5-11-25-46)65(44-20-6-3-7-21-44)45-22-8-4-9-23-45/h3-41H,1-2H3. The number of nitrogens with zero attached hydrogens (tertiary/aromatic N) is 5. The van der Waals surface area contributed by atoms with Gasteiger partial charge in [0.05, 0.1) is 39.6 Å². The number of hydrogen-bond acceptors (Lipinski definition) is 5. The summed E-state index contributed by atoms with van der Waals surface area (Å²) in [5.74, 6) is 0. The Morgan fingerprint density at radius 3 is 1.42 bits per heavy atom. The van der Waals surface area contributed by atoms with E-state index in [9.17, 15) is 0 Å². The van der Waals surface area contributed by atoms with Crippen LogP contribution in [0, 0.1) is 0 Å². The van der Waals surface area contributed by atoms with Crippen LogP contribution in [0.4, 0.5) is 51.2 Å². The third-order valence-electron chi connectivity index (χ3n) is 14.3. The average molecular weight is 860 g/mol. The first kappa shape index (κ1) is 38.9. The van der Waals surface area contributed by atoms with E-state index < -0.39 is 5.41 Å². The van der Waals surface area contributed by atoms with Crippen molar-refractivity contribution < 1.29 is 0 Å². The zero-order valence-electron chi connectivity index (χ0n) is 37.3. The number of pyridine rings is 2. The number of hydrogen-bond donors (Lipinski definition) is 0. The topological polar surface area (TPSA) is 35.5 Å². The molecule has 0 fully saturated rings. The number of rotatable bonds is 6. The highest BCUT2D eigenvalue weighted by Crippen LogP contribution is 2.64. The molecule has 8 aromatic carbocycles. The lowest BCUT2D eigenvalue weighted by atomic mass is 9.64. The van der Waals surface area contributed by atoms with Gasteiger partial charge in [0, 0.05) is 46.2 Å². The van der Waals surface area contributed by atoms with E-state index in [0.29, 0.717) is 0 Å². The lowest BCUT2D eigenvalue weighted by Crippen LogP contribution is -2.36. The van der Waals surface area contributed by atoms with Gasteiger partial charge in [-0.2, -0.15) is 0 Å². The molecule has 13 rings (SSSR count). The molecule has 0 saturated heterocycles. The van der Waals surface area contributed by atoms with Crippen LogP contribution < -0.4 is 14.7 Å². The van der Waals surface area contributed by atoms with Crippen LogP contribution in [-0.2, 0) is 10.8 Å². The summed E-state index contributed by atoms with van der Waals surface area (Å²) in [7, 11) is 0. The lowest BCUT2D eigenvalue weighted by Gasteiger charge is -2.45. The lowest BCUT2D eigenvalue weighted by molar-refractivity contribution is 0.632. The summed E-state index contributed by atoms with van der Waals surface area (Å²) in [5.41, 5.74) is 20.4. The van der Waals surface area contributed by atoms with E-state index in [1.807, 2.05) is 12.4 Å². The van der Waals surface area contributed by atoms with E-state index >= 15 is 0 Å². The largest absolute Gasteiger partial charge is 0.310 e. The van der Waals surface area contributed by atoms with Gasteiger partial charge in [0.1, 0.15) is 0 Å². The van der Waals surface area contributed by atoms with Crippen LogP contribution in [0.5, 0.6) is 0 Å². The van der Waals surface area contributed by atoms with Crippen LogP contribution in [0.25, 0.3) is 22.5 Å². The summed E-state index contributed by atoms with van der Waals surface area (Å²) in [5, 5.41) is 0. The van der Waals surface area contributed by atoms with Crippen molar-refractivity contribution in [2.24, 2.45) is 0 Å². The quantitative estimate of drug-likeness (QED) is 0.166. The van der Waals surface area contributed by atoms with E-state index in [0.717, 1.165) is 79.0 Å². The number of anilines is 9. The minimum Gasteiger partial charge on any atom is -0.310 e. The summed E-state index contributed by atoms with van der Waals surface area (Å²) < 4.78 is 0. The highest BCUT2D eigenvalue weighted by molar-refractivity contribution is 5.97. The van der Waals surface area contributed by atoms with Crippen molar-refractivity contribution in [3.63, 3.8) is 0 Å². The van der Waals surface area contributed by atoms with Gasteiger partial charge in [-0.25, -0.2) is 0 Å². The van der Waals surface area contributed by atoms with Gasteiger partial charge in [0.15, 0.2) is 0 Å². The fraction of sp³-hybridized carbons (Fsp3) is 0.0645. The van der Waals surface area contributed by atoms with Gasteiger partial charge in [0.25, 0.3) is 0 Å². The molecule has 1 aliphatic carbocycles. The molecule has 5 nitrogen and oxygen atoms in total. The number of aromatic nitrogens is 2. The highest BCUT2D eigenvalue weighted by atomic mass is 15.2. The molecule has 4 heterocycles. The summed E-state index contributed by atoms with van der Waals surface area (Å²) in [6.45, 7) is 4.68. The van der Waals surface area contributed by atoms with Gasteiger partial charge < -0.3 is 14.7 Å². The Morgan fingerprint density at radius 1 is 0.343 bits per heavy atom. The molecule has 2 aliphatic heterocycles. The fourth-order valence-electron chi connectivity index (χ4n) is 11.4. The minimum absolute atomic E-state index is 0.147. The van der Waals surface area contributed by atoms with Gasteiger partial charge in [-0.1, -0.05) is 135 Å². The number of benzene rings is 8. The zero-order valence-corrected chi connectivity index (χ0v) is 37.3. The number of fused-ring (bicyclic) bond motifs is 11. The van der Waals surface area contributed by atoms with Crippen LogP contribution in [0.2, 0.25) is 0 Å². The molecule has 0 unspecified atom stereocenters. The molecule has 0 saturated carbocycles. The molecule has 0 N–H and O–H groups in total. The maximum atomic E-state index is 5.12. The highest BCUT2D eigenvalue weighted by Gasteiger charge is 2.53. The van der Waals surface area contributed by atoms with Crippen LogP contribution in [0.3, 0.4) is 0 Å². The van der Waals surface area contributed by atoms with Crippen LogP contribution in [0.1, 0.15) is 47.2 Å². The van der Waals surface area contributed by atoms with E-state index in [1.54, 1.807) is 0 Å². The summed E-state index contributed by atoms with van der Waals surface area (Å²) in [6, 6.07) is 81.7. The first-order chi connectivity index (χ1) is 33.0. The normalized spacial score (nSPS) is 14.3. The minimum atomic E-state index is -0.776. The molecule has 2 aromatic heterocycles. The maximum absolute atomic E-state index is 5.12. The van der Waals surface area contributed by atoms with E-state index in [2.05, 4.69) is 253 Å². The smallest absolute Gasteiger partial charge is 0.0937 e. The van der Waals surface area contributed by atoms with Crippen molar-refractivity contribution in [2.45, 2.75) is 24.7 Å². The molecule has 0 atom stereocenters. The molecule has 318 valence electrons. The van der Waals surface area contributed by atoms with Crippen LogP contribution in [-0.4, -0.2) is 9.97 Å². The third-order valence-corrected chi connectivity index (χ3v) is 14.3. The van der Waals surface area contributed by atoms with Crippen molar-refractivity contribution in [3.8, 4) is 22.5 Å². The molecule has 67 heavy (non-hydrogen) atoms. The van der Waals surface area contributed by atoms with E-state index in [-0.39, 0.29) is 5.41 Å². The van der Waals surface area contributed by atoms with Gasteiger partial charge >= 0.3 is 0 Å². The molecular weight excluding hydrogens is 815 g/mol. The predicted molar refractivity (Wildman–Crippen MR) is 275 cm³/mol. The summed E-state index contributed by atoms with van der Waals surface area (Å²) in [4.78, 5) is 17.5. The predicted octanol–water partition coefficient (Wildman–Crippen LogP) is 15.9. The van der Waals surface area contributed by atoms with Crippen molar-refractivity contribution in [1.29, 1.82) is 0 Å². The van der Waals surface area contributed by atoms with Crippen molar-refractivity contribution >= 4 is 51.2 Å². The Bertz CT molecular complexity index is 3390. The van der Waals surface area contributed by atoms with Crippen molar-refractivity contribution in [1.82, 2.24) is 9.97 Å². The Hall–Kier alpha value is -8.54. The Labute approximate surface area is 391 Å². The summed E-state index contributed by atoms with van der Waals surface area (Å²) >= 11 is 0. The second kappa shape index (κ2) is 15.0. The molecular formula is C62H45N5. The average Bonchev–Trinajstić information content (AvgIpc) is 3.68. The molecule has 0 radical (unpaired) electrons.